The van der Waals surface area contributed by atoms with Crippen molar-refractivity contribution in [2.24, 2.45) is 0 Å². The zero-order chi connectivity index (χ0) is 25.5. The van der Waals surface area contributed by atoms with Gasteiger partial charge in [0.2, 0.25) is 0 Å². The molecule has 2 N–H and O–H groups in total. The van der Waals surface area contributed by atoms with Crippen molar-refractivity contribution >= 4 is 21.5 Å². The number of phenols is 2. The molecule has 1 fully saturated rings. The van der Waals surface area contributed by atoms with Crippen LogP contribution in [0.15, 0.2) is 91.0 Å². The second-order valence-electron chi connectivity index (χ2n) is 10.3. The molecule has 37 heavy (non-hydrogen) atoms. The first-order valence-electron chi connectivity index (χ1n) is 12.9. The molecular formula is C33H32N2O2. The number of hydrogen-bond donors (Lipinski definition) is 2. The van der Waals surface area contributed by atoms with Crippen molar-refractivity contribution in [3.05, 3.63) is 119 Å². The van der Waals surface area contributed by atoms with Gasteiger partial charge in [0.1, 0.15) is 11.5 Å². The van der Waals surface area contributed by atoms with Gasteiger partial charge in [-0.05, 0) is 70.3 Å². The molecule has 0 amide bonds. The van der Waals surface area contributed by atoms with E-state index < -0.39 is 0 Å². The van der Waals surface area contributed by atoms with Gasteiger partial charge >= 0.3 is 0 Å². The molecule has 186 valence electrons. The summed E-state index contributed by atoms with van der Waals surface area (Å²) in [5, 5.41) is 26.4. The molecule has 0 atom stereocenters. The standard InChI is InChI=1S/C33H32N2O2/c1-22-11-13-26(30(36)17-22)20-34-15-16-35(21-27-14-12-23(2)18-31(27)37)33(34)32-28-9-5-3-7-24(28)19-25-8-4-6-10-29(25)32/h3-14,17-19,33,36-37H,15-16,20-21H2,1-2H3. The zero-order valence-electron chi connectivity index (χ0n) is 21.4. The Kier molecular flexibility index (Phi) is 6.07. The molecular weight excluding hydrogens is 456 g/mol. The molecule has 0 aromatic heterocycles. The molecule has 1 saturated heterocycles. The molecule has 0 bridgehead atoms. The molecule has 6 rings (SSSR count). The third kappa shape index (κ3) is 4.43. The molecule has 0 spiro atoms. The third-order valence-corrected chi connectivity index (χ3v) is 7.67. The highest BCUT2D eigenvalue weighted by Gasteiger charge is 2.36. The van der Waals surface area contributed by atoms with Crippen molar-refractivity contribution in [3.63, 3.8) is 0 Å². The van der Waals surface area contributed by atoms with Gasteiger partial charge in [0.15, 0.2) is 0 Å². The van der Waals surface area contributed by atoms with E-state index in [2.05, 4.69) is 76.5 Å². The number of fused-ring (bicyclic) bond motifs is 2. The number of nitrogens with zero attached hydrogens (tertiary/aromatic N) is 2. The second kappa shape index (κ2) is 9.55. The van der Waals surface area contributed by atoms with E-state index in [9.17, 15) is 10.2 Å². The minimum Gasteiger partial charge on any atom is -0.508 e. The fraction of sp³-hybridized carbons (Fsp3) is 0.212. The summed E-state index contributed by atoms with van der Waals surface area (Å²) in [7, 11) is 0. The predicted molar refractivity (Wildman–Crippen MR) is 151 cm³/mol. The Labute approximate surface area is 218 Å². The van der Waals surface area contributed by atoms with Crippen molar-refractivity contribution in [2.45, 2.75) is 33.1 Å². The van der Waals surface area contributed by atoms with E-state index >= 15 is 0 Å². The average molecular weight is 489 g/mol. The Hall–Kier alpha value is -3.86. The molecule has 0 unspecified atom stereocenters. The van der Waals surface area contributed by atoms with Crippen molar-refractivity contribution in [2.75, 3.05) is 13.1 Å². The molecule has 4 heteroatoms. The first-order valence-corrected chi connectivity index (χ1v) is 12.9. The normalized spacial score (nSPS) is 15.2. The lowest BCUT2D eigenvalue weighted by atomic mass is 9.94. The van der Waals surface area contributed by atoms with E-state index in [1.165, 1.54) is 27.1 Å². The van der Waals surface area contributed by atoms with Crippen LogP contribution in [0, 0.1) is 13.8 Å². The smallest absolute Gasteiger partial charge is 0.120 e. The molecule has 0 saturated carbocycles. The lowest BCUT2D eigenvalue weighted by molar-refractivity contribution is 0.127. The molecule has 4 nitrogen and oxygen atoms in total. The summed E-state index contributed by atoms with van der Waals surface area (Å²) >= 11 is 0. The Balaban J connectivity index is 1.51. The van der Waals surface area contributed by atoms with E-state index in [0.717, 1.165) is 35.3 Å². The van der Waals surface area contributed by atoms with Crippen LogP contribution in [0.1, 0.15) is 34.0 Å². The fourth-order valence-electron chi connectivity index (χ4n) is 5.81. The highest BCUT2D eigenvalue weighted by Crippen LogP contribution is 2.42. The fourth-order valence-corrected chi connectivity index (χ4v) is 5.81. The maximum absolute atomic E-state index is 10.7. The summed E-state index contributed by atoms with van der Waals surface area (Å²) in [5.41, 5.74) is 5.25. The van der Waals surface area contributed by atoms with Gasteiger partial charge in [-0.3, -0.25) is 9.80 Å². The van der Waals surface area contributed by atoms with E-state index in [1.807, 2.05) is 38.1 Å². The summed E-state index contributed by atoms with van der Waals surface area (Å²) < 4.78 is 0. The van der Waals surface area contributed by atoms with Gasteiger partial charge in [-0.15, -0.1) is 0 Å². The number of aryl methyl sites for hydroxylation is 2. The number of phenolic OH excluding ortho intramolecular Hbond substituents is 2. The minimum absolute atomic E-state index is 0.0163. The largest absolute Gasteiger partial charge is 0.508 e. The van der Waals surface area contributed by atoms with Crippen molar-refractivity contribution in [1.29, 1.82) is 0 Å². The molecule has 1 heterocycles. The van der Waals surface area contributed by atoms with Crippen LogP contribution < -0.4 is 0 Å². The van der Waals surface area contributed by atoms with Gasteiger partial charge in [0, 0.05) is 37.3 Å². The quantitative estimate of drug-likeness (QED) is 0.261. The highest BCUT2D eigenvalue weighted by molar-refractivity contribution is 6.02. The van der Waals surface area contributed by atoms with Crippen molar-refractivity contribution in [3.8, 4) is 11.5 Å². The third-order valence-electron chi connectivity index (χ3n) is 7.67. The van der Waals surface area contributed by atoms with Crippen LogP contribution in [0.3, 0.4) is 0 Å². The van der Waals surface area contributed by atoms with Crippen LogP contribution in [-0.2, 0) is 13.1 Å². The molecule has 5 aromatic carbocycles. The Morgan fingerprint density at radius 1 is 0.622 bits per heavy atom. The van der Waals surface area contributed by atoms with Gasteiger partial charge in [-0.1, -0.05) is 72.8 Å². The van der Waals surface area contributed by atoms with Crippen LogP contribution >= 0.6 is 0 Å². The van der Waals surface area contributed by atoms with E-state index in [1.54, 1.807) is 0 Å². The Morgan fingerprint density at radius 2 is 1.08 bits per heavy atom. The Morgan fingerprint density at radius 3 is 1.54 bits per heavy atom. The van der Waals surface area contributed by atoms with Crippen molar-refractivity contribution in [1.82, 2.24) is 9.80 Å². The molecule has 0 radical (unpaired) electrons. The number of rotatable bonds is 5. The summed E-state index contributed by atoms with van der Waals surface area (Å²) in [6.07, 6.45) is -0.0163. The highest BCUT2D eigenvalue weighted by atomic mass is 16.3. The van der Waals surface area contributed by atoms with Gasteiger partial charge in [-0.25, -0.2) is 0 Å². The predicted octanol–water partition coefficient (Wildman–Crippen LogP) is 7.04. The van der Waals surface area contributed by atoms with Gasteiger partial charge in [-0.2, -0.15) is 0 Å². The van der Waals surface area contributed by atoms with E-state index in [-0.39, 0.29) is 6.17 Å². The number of benzene rings is 5. The minimum atomic E-state index is -0.0163. The maximum atomic E-state index is 10.7. The monoisotopic (exact) mass is 488 g/mol. The average Bonchev–Trinajstić information content (AvgIpc) is 3.27. The van der Waals surface area contributed by atoms with Gasteiger partial charge in [0.25, 0.3) is 0 Å². The number of aromatic hydroxyl groups is 2. The molecule has 0 aliphatic carbocycles. The van der Waals surface area contributed by atoms with Crippen LogP contribution in [0.4, 0.5) is 0 Å². The van der Waals surface area contributed by atoms with Gasteiger partial charge < -0.3 is 10.2 Å². The molecule has 5 aromatic rings. The maximum Gasteiger partial charge on any atom is 0.120 e. The Bertz CT molecular complexity index is 1490. The summed E-state index contributed by atoms with van der Waals surface area (Å²) in [5.74, 6) is 0.687. The zero-order valence-corrected chi connectivity index (χ0v) is 21.4. The summed E-state index contributed by atoms with van der Waals surface area (Å²) in [6.45, 7) is 7.01. The first kappa shape index (κ1) is 23.5. The first-order chi connectivity index (χ1) is 18.0. The van der Waals surface area contributed by atoms with Crippen LogP contribution in [-0.4, -0.2) is 33.1 Å². The lowest BCUT2D eigenvalue weighted by Gasteiger charge is -2.33. The van der Waals surface area contributed by atoms with Crippen LogP contribution in [0.2, 0.25) is 0 Å². The summed E-state index contributed by atoms with van der Waals surface area (Å²) in [6, 6.07) is 31.4. The van der Waals surface area contributed by atoms with Crippen molar-refractivity contribution < 1.29 is 10.2 Å². The van der Waals surface area contributed by atoms with Crippen LogP contribution in [0.5, 0.6) is 11.5 Å². The van der Waals surface area contributed by atoms with Gasteiger partial charge in [0.05, 0.1) is 6.17 Å². The van der Waals surface area contributed by atoms with E-state index in [0.29, 0.717) is 24.6 Å². The van der Waals surface area contributed by atoms with Crippen LogP contribution in [0.25, 0.3) is 21.5 Å². The number of hydrogen-bond acceptors (Lipinski definition) is 4. The SMILES string of the molecule is Cc1ccc(CN2CCN(Cc3ccc(C)cc3O)C2c2c3ccccc3cc3ccccc23)c(O)c1. The molecule has 1 aliphatic heterocycles. The summed E-state index contributed by atoms with van der Waals surface area (Å²) in [4.78, 5) is 4.92. The molecule has 1 aliphatic rings. The van der Waals surface area contributed by atoms with E-state index in [4.69, 9.17) is 0 Å². The lowest BCUT2D eigenvalue weighted by Crippen LogP contribution is -2.31. The second-order valence-corrected chi connectivity index (χ2v) is 10.3. The topological polar surface area (TPSA) is 46.9 Å².